The number of nitrogens with zero attached hydrogens (tertiary/aromatic N) is 1. The van der Waals surface area contributed by atoms with E-state index in [1.807, 2.05) is 4.90 Å². The smallest absolute Gasteiger partial charge is 0.239 e. The van der Waals surface area contributed by atoms with Crippen LogP contribution in [0.3, 0.4) is 0 Å². The summed E-state index contributed by atoms with van der Waals surface area (Å²) in [5, 5.41) is 0. The molecule has 108 valence electrons. The molecule has 18 heavy (non-hydrogen) atoms. The second kappa shape index (κ2) is 9.59. The SMILES string of the molecule is CCCCC(N)C(=O)N1CCOC(CCC)C1.Cl. The van der Waals surface area contributed by atoms with Crippen molar-refractivity contribution in [3.05, 3.63) is 0 Å². The van der Waals surface area contributed by atoms with Crippen molar-refractivity contribution in [1.82, 2.24) is 4.90 Å². The molecular formula is C13H27ClN2O2. The number of carbonyl (C=O) groups is 1. The summed E-state index contributed by atoms with van der Waals surface area (Å²) >= 11 is 0. The monoisotopic (exact) mass is 278 g/mol. The third-order valence-corrected chi connectivity index (χ3v) is 3.25. The molecule has 1 amide bonds. The molecule has 0 aromatic rings. The second-order valence-electron chi connectivity index (χ2n) is 4.81. The van der Waals surface area contributed by atoms with Gasteiger partial charge in [0.25, 0.3) is 0 Å². The predicted molar refractivity (Wildman–Crippen MR) is 76.0 cm³/mol. The number of morpholine rings is 1. The fourth-order valence-corrected chi connectivity index (χ4v) is 2.20. The molecule has 0 spiro atoms. The van der Waals surface area contributed by atoms with Gasteiger partial charge in [0.15, 0.2) is 0 Å². The zero-order valence-electron chi connectivity index (χ0n) is 11.6. The lowest BCUT2D eigenvalue weighted by Gasteiger charge is -2.34. The van der Waals surface area contributed by atoms with Crippen molar-refractivity contribution in [2.45, 2.75) is 58.1 Å². The Bertz CT molecular complexity index is 237. The Balaban J connectivity index is 0.00000289. The van der Waals surface area contributed by atoms with Crippen LogP contribution in [0.2, 0.25) is 0 Å². The zero-order chi connectivity index (χ0) is 12.7. The fourth-order valence-electron chi connectivity index (χ4n) is 2.20. The molecule has 1 aliphatic heterocycles. The molecule has 1 rings (SSSR count). The molecule has 2 unspecified atom stereocenters. The standard InChI is InChI=1S/C13H26N2O2.ClH/c1-3-5-7-12(14)13(16)15-8-9-17-11(10-15)6-4-2;/h11-12H,3-10,14H2,1-2H3;1H. The average molecular weight is 279 g/mol. The minimum Gasteiger partial charge on any atom is -0.375 e. The van der Waals surface area contributed by atoms with E-state index in [9.17, 15) is 4.79 Å². The first-order valence-corrected chi connectivity index (χ1v) is 6.85. The van der Waals surface area contributed by atoms with Crippen LogP contribution in [-0.2, 0) is 9.53 Å². The van der Waals surface area contributed by atoms with Gasteiger partial charge in [0.2, 0.25) is 5.91 Å². The lowest BCUT2D eigenvalue weighted by molar-refractivity contribution is -0.140. The summed E-state index contributed by atoms with van der Waals surface area (Å²) in [5.74, 6) is 0.0999. The van der Waals surface area contributed by atoms with Crippen LogP contribution in [0.15, 0.2) is 0 Å². The van der Waals surface area contributed by atoms with Gasteiger partial charge in [0, 0.05) is 13.1 Å². The minimum atomic E-state index is -0.324. The summed E-state index contributed by atoms with van der Waals surface area (Å²) in [6.45, 7) is 6.31. The summed E-state index contributed by atoms with van der Waals surface area (Å²) in [6, 6.07) is -0.324. The molecular weight excluding hydrogens is 252 g/mol. The van der Waals surface area contributed by atoms with Crippen molar-refractivity contribution >= 4 is 18.3 Å². The highest BCUT2D eigenvalue weighted by molar-refractivity contribution is 5.85. The van der Waals surface area contributed by atoms with Gasteiger partial charge < -0.3 is 15.4 Å². The van der Waals surface area contributed by atoms with Gasteiger partial charge in [-0.15, -0.1) is 12.4 Å². The molecule has 1 aliphatic rings. The third-order valence-electron chi connectivity index (χ3n) is 3.25. The first-order valence-electron chi connectivity index (χ1n) is 6.85. The number of amides is 1. The van der Waals surface area contributed by atoms with Crippen molar-refractivity contribution in [2.24, 2.45) is 5.73 Å². The Kier molecular flexibility index (Phi) is 9.42. The van der Waals surface area contributed by atoms with Crippen molar-refractivity contribution in [3.8, 4) is 0 Å². The van der Waals surface area contributed by atoms with Crippen LogP contribution >= 0.6 is 12.4 Å². The number of hydrogen-bond donors (Lipinski definition) is 1. The Morgan fingerprint density at radius 2 is 2.17 bits per heavy atom. The molecule has 0 aliphatic carbocycles. The maximum Gasteiger partial charge on any atom is 0.239 e. The summed E-state index contributed by atoms with van der Waals surface area (Å²) in [6.07, 6.45) is 5.22. The molecule has 2 N–H and O–H groups in total. The maximum absolute atomic E-state index is 12.1. The lowest BCUT2D eigenvalue weighted by atomic mass is 10.1. The van der Waals surface area contributed by atoms with Crippen LogP contribution in [-0.4, -0.2) is 42.6 Å². The van der Waals surface area contributed by atoms with E-state index in [4.69, 9.17) is 10.5 Å². The van der Waals surface area contributed by atoms with E-state index in [1.165, 1.54) is 0 Å². The van der Waals surface area contributed by atoms with Crippen LogP contribution < -0.4 is 5.73 Å². The normalized spacial score (nSPS) is 21.3. The first kappa shape index (κ1) is 17.7. The van der Waals surface area contributed by atoms with Gasteiger partial charge >= 0.3 is 0 Å². The van der Waals surface area contributed by atoms with Crippen LogP contribution in [0.4, 0.5) is 0 Å². The van der Waals surface area contributed by atoms with Gasteiger partial charge in [-0.2, -0.15) is 0 Å². The molecule has 1 heterocycles. The highest BCUT2D eigenvalue weighted by atomic mass is 35.5. The molecule has 0 saturated carbocycles. The van der Waals surface area contributed by atoms with E-state index in [0.29, 0.717) is 19.7 Å². The summed E-state index contributed by atoms with van der Waals surface area (Å²) in [7, 11) is 0. The molecule has 0 aromatic carbocycles. The average Bonchev–Trinajstić information content (AvgIpc) is 2.35. The topological polar surface area (TPSA) is 55.6 Å². The molecule has 1 saturated heterocycles. The van der Waals surface area contributed by atoms with E-state index in [0.717, 1.165) is 32.1 Å². The summed E-state index contributed by atoms with van der Waals surface area (Å²) in [5.41, 5.74) is 5.92. The van der Waals surface area contributed by atoms with Crippen molar-refractivity contribution in [3.63, 3.8) is 0 Å². The van der Waals surface area contributed by atoms with E-state index in [-0.39, 0.29) is 30.5 Å². The van der Waals surface area contributed by atoms with Gasteiger partial charge in [-0.1, -0.05) is 33.1 Å². The van der Waals surface area contributed by atoms with Gasteiger partial charge in [-0.25, -0.2) is 0 Å². The van der Waals surface area contributed by atoms with Crippen molar-refractivity contribution in [2.75, 3.05) is 19.7 Å². The number of nitrogens with two attached hydrogens (primary N) is 1. The largest absolute Gasteiger partial charge is 0.375 e. The van der Waals surface area contributed by atoms with Crippen LogP contribution in [0, 0.1) is 0 Å². The summed E-state index contributed by atoms with van der Waals surface area (Å²) < 4.78 is 5.62. The molecule has 0 aromatic heterocycles. The van der Waals surface area contributed by atoms with Crippen molar-refractivity contribution in [1.29, 1.82) is 0 Å². The number of rotatable bonds is 6. The number of unbranched alkanes of at least 4 members (excludes halogenated alkanes) is 1. The van der Waals surface area contributed by atoms with Gasteiger partial charge in [-0.3, -0.25) is 4.79 Å². The van der Waals surface area contributed by atoms with Crippen LogP contribution in [0.5, 0.6) is 0 Å². The van der Waals surface area contributed by atoms with E-state index in [2.05, 4.69) is 13.8 Å². The minimum absolute atomic E-state index is 0. The number of carbonyl (C=O) groups excluding carboxylic acids is 1. The van der Waals surface area contributed by atoms with E-state index in [1.54, 1.807) is 0 Å². The highest BCUT2D eigenvalue weighted by Gasteiger charge is 2.26. The quantitative estimate of drug-likeness (QED) is 0.808. The molecule has 0 radical (unpaired) electrons. The molecule has 1 fully saturated rings. The van der Waals surface area contributed by atoms with Gasteiger partial charge in [-0.05, 0) is 12.8 Å². The number of ether oxygens (including phenoxy) is 1. The van der Waals surface area contributed by atoms with Crippen molar-refractivity contribution < 1.29 is 9.53 Å². The maximum atomic E-state index is 12.1. The molecule has 5 heteroatoms. The molecule has 2 atom stereocenters. The zero-order valence-corrected chi connectivity index (χ0v) is 12.4. The predicted octanol–water partition coefficient (Wildman–Crippen LogP) is 1.95. The Hall–Kier alpha value is -0.320. The van der Waals surface area contributed by atoms with Crippen LogP contribution in [0.1, 0.15) is 46.0 Å². The number of hydrogen-bond acceptors (Lipinski definition) is 3. The van der Waals surface area contributed by atoms with Gasteiger partial charge in [0.05, 0.1) is 18.8 Å². The van der Waals surface area contributed by atoms with Crippen LogP contribution in [0.25, 0.3) is 0 Å². The Morgan fingerprint density at radius 1 is 1.44 bits per heavy atom. The first-order chi connectivity index (χ1) is 8.19. The third kappa shape index (κ3) is 5.55. The lowest BCUT2D eigenvalue weighted by Crippen LogP contribution is -2.51. The second-order valence-corrected chi connectivity index (χ2v) is 4.81. The Morgan fingerprint density at radius 3 is 2.78 bits per heavy atom. The molecule has 0 bridgehead atoms. The van der Waals surface area contributed by atoms with E-state index < -0.39 is 0 Å². The van der Waals surface area contributed by atoms with E-state index >= 15 is 0 Å². The fraction of sp³-hybridized carbons (Fsp3) is 0.923. The molecule has 4 nitrogen and oxygen atoms in total. The van der Waals surface area contributed by atoms with Gasteiger partial charge in [0.1, 0.15) is 0 Å². The Labute approximate surface area is 117 Å². The highest BCUT2D eigenvalue weighted by Crippen LogP contribution is 2.12. The number of halogens is 1. The summed E-state index contributed by atoms with van der Waals surface area (Å²) in [4.78, 5) is 14.0.